The summed E-state index contributed by atoms with van der Waals surface area (Å²) >= 11 is 0. The number of carbonyl (C=O) groups is 2. The van der Waals surface area contributed by atoms with E-state index >= 15 is 0 Å². The van der Waals surface area contributed by atoms with E-state index in [4.69, 9.17) is 9.47 Å². The van der Waals surface area contributed by atoms with Crippen LogP contribution in [0.4, 0.5) is 0 Å². The maximum Gasteiger partial charge on any atom is 0.305 e. The summed E-state index contributed by atoms with van der Waals surface area (Å²) in [6.07, 6.45) is 1.31. The molecule has 1 aromatic rings. The van der Waals surface area contributed by atoms with Crippen LogP contribution in [0.25, 0.3) is 0 Å². The average Bonchev–Trinajstić information content (AvgIpc) is 2.43. The van der Waals surface area contributed by atoms with Crippen LogP contribution in [-0.2, 0) is 16.0 Å². The summed E-state index contributed by atoms with van der Waals surface area (Å²) in [6, 6.07) is 3.35. The fourth-order valence-corrected chi connectivity index (χ4v) is 1.62. The Labute approximate surface area is 106 Å². The first-order chi connectivity index (χ1) is 8.65. The standard InChI is InChI=1S/C13H16O5/c1-16-10-6-9(4-5-13(15)18-3)11(8-14)12(7-10)17-2/h6-8H,4-5H2,1-3H3. The van der Waals surface area contributed by atoms with Crippen molar-refractivity contribution in [3.63, 3.8) is 0 Å². The van der Waals surface area contributed by atoms with E-state index in [-0.39, 0.29) is 12.4 Å². The van der Waals surface area contributed by atoms with Gasteiger partial charge in [-0.15, -0.1) is 0 Å². The molecular formula is C13H16O5. The molecule has 0 amide bonds. The van der Waals surface area contributed by atoms with Gasteiger partial charge in [0.05, 0.1) is 26.9 Å². The van der Waals surface area contributed by atoms with Crippen molar-refractivity contribution in [2.24, 2.45) is 0 Å². The summed E-state index contributed by atoms with van der Waals surface area (Å²) in [6.45, 7) is 0. The van der Waals surface area contributed by atoms with Crippen molar-refractivity contribution >= 4 is 12.3 Å². The van der Waals surface area contributed by atoms with E-state index in [1.54, 1.807) is 12.1 Å². The highest BCUT2D eigenvalue weighted by molar-refractivity contribution is 5.83. The van der Waals surface area contributed by atoms with E-state index < -0.39 is 0 Å². The van der Waals surface area contributed by atoms with Gasteiger partial charge in [-0.25, -0.2) is 0 Å². The van der Waals surface area contributed by atoms with Crippen LogP contribution in [0.3, 0.4) is 0 Å². The molecular weight excluding hydrogens is 236 g/mol. The molecule has 0 heterocycles. The highest BCUT2D eigenvalue weighted by Crippen LogP contribution is 2.28. The second kappa shape index (κ2) is 6.64. The number of ether oxygens (including phenoxy) is 3. The number of benzene rings is 1. The molecule has 0 radical (unpaired) electrons. The third-order valence-electron chi connectivity index (χ3n) is 2.60. The maximum atomic E-state index is 11.1. The Hall–Kier alpha value is -2.04. The Bertz CT molecular complexity index is 439. The number of esters is 1. The molecule has 5 heteroatoms. The fourth-order valence-electron chi connectivity index (χ4n) is 1.62. The molecule has 5 nitrogen and oxygen atoms in total. The quantitative estimate of drug-likeness (QED) is 0.568. The molecule has 98 valence electrons. The molecule has 0 saturated carbocycles. The molecule has 1 rings (SSSR count). The van der Waals surface area contributed by atoms with Gasteiger partial charge in [0.25, 0.3) is 0 Å². The van der Waals surface area contributed by atoms with E-state index in [9.17, 15) is 9.59 Å². The van der Waals surface area contributed by atoms with Crippen LogP contribution in [0.2, 0.25) is 0 Å². The van der Waals surface area contributed by atoms with Gasteiger partial charge >= 0.3 is 5.97 Å². The topological polar surface area (TPSA) is 61.8 Å². The fraction of sp³-hybridized carbons (Fsp3) is 0.385. The van der Waals surface area contributed by atoms with E-state index in [1.165, 1.54) is 21.3 Å². The zero-order valence-electron chi connectivity index (χ0n) is 10.7. The molecule has 0 aliphatic heterocycles. The van der Waals surface area contributed by atoms with Crippen LogP contribution in [-0.4, -0.2) is 33.6 Å². The third-order valence-corrected chi connectivity index (χ3v) is 2.60. The summed E-state index contributed by atoms with van der Waals surface area (Å²) in [7, 11) is 4.33. The molecule has 0 aromatic heterocycles. The van der Waals surface area contributed by atoms with Crippen molar-refractivity contribution in [1.82, 2.24) is 0 Å². The van der Waals surface area contributed by atoms with Crippen molar-refractivity contribution in [2.75, 3.05) is 21.3 Å². The summed E-state index contributed by atoms with van der Waals surface area (Å²) < 4.78 is 14.8. The lowest BCUT2D eigenvalue weighted by Crippen LogP contribution is -2.05. The molecule has 0 spiro atoms. The number of hydrogen-bond acceptors (Lipinski definition) is 5. The summed E-state index contributed by atoms with van der Waals surface area (Å²) in [5.41, 5.74) is 1.13. The lowest BCUT2D eigenvalue weighted by Gasteiger charge is -2.11. The van der Waals surface area contributed by atoms with E-state index in [2.05, 4.69) is 4.74 Å². The number of aldehydes is 1. The zero-order valence-corrected chi connectivity index (χ0v) is 10.7. The van der Waals surface area contributed by atoms with Gasteiger partial charge in [-0.2, -0.15) is 0 Å². The average molecular weight is 252 g/mol. The third kappa shape index (κ3) is 3.23. The van der Waals surface area contributed by atoms with Crippen molar-refractivity contribution in [3.8, 4) is 11.5 Å². The van der Waals surface area contributed by atoms with Gasteiger partial charge in [-0.05, 0) is 18.1 Å². The van der Waals surface area contributed by atoms with Crippen LogP contribution in [0.5, 0.6) is 11.5 Å². The highest BCUT2D eigenvalue weighted by atomic mass is 16.5. The Kier molecular flexibility index (Phi) is 5.17. The van der Waals surface area contributed by atoms with Crippen molar-refractivity contribution in [1.29, 1.82) is 0 Å². The van der Waals surface area contributed by atoms with Gasteiger partial charge in [0.15, 0.2) is 6.29 Å². The Balaban J connectivity index is 3.06. The number of hydrogen-bond donors (Lipinski definition) is 0. The van der Waals surface area contributed by atoms with Gasteiger partial charge in [0, 0.05) is 12.5 Å². The van der Waals surface area contributed by atoms with Crippen molar-refractivity contribution in [2.45, 2.75) is 12.8 Å². The van der Waals surface area contributed by atoms with Gasteiger partial charge in [-0.1, -0.05) is 0 Å². The summed E-state index contributed by atoms with van der Waals surface area (Å²) in [5.74, 6) is 0.690. The predicted octanol–water partition coefficient (Wildman–Crippen LogP) is 1.62. The monoisotopic (exact) mass is 252 g/mol. The lowest BCUT2D eigenvalue weighted by atomic mass is 10.0. The minimum absolute atomic E-state index is 0.202. The first-order valence-corrected chi connectivity index (χ1v) is 5.43. The van der Waals surface area contributed by atoms with E-state index in [0.717, 1.165) is 0 Å². The molecule has 0 atom stereocenters. The van der Waals surface area contributed by atoms with Crippen molar-refractivity contribution < 1.29 is 23.8 Å². The van der Waals surface area contributed by atoms with Crippen LogP contribution < -0.4 is 9.47 Å². The second-order valence-corrected chi connectivity index (χ2v) is 3.60. The number of carbonyl (C=O) groups excluding carboxylic acids is 2. The Morgan fingerprint density at radius 1 is 1.22 bits per heavy atom. The molecule has 0 bridgehead atoms. The van der Waals surface area contributed by atoms with E-state index in [0.29, 0.717) is 35.3 Å². The minimum Gasteiger partial charge on any atom is -0.497 e. The molecule has 0 unspecified atom stereocenters. The van der Waals surface area contributed by atoms with Crippen LogP contribution >= 0.6 is 0 Å². The number of aryl methyl sites for hydroxylation is 1. The van der Waals surface area contributed by atoms with Crippen LogP contribution in [0, 0.1) is 0 Å². The molecule has 0 N–H and O–H groups in total. The predicted molar refractivity (Wildman–Crippen MR) is 65.3 cm³/mol. The largest absolute Gasteiger partial charge is 0.497 e. The van der Waals surface area contributed by atoms with E-state index in [1.807, 2.05) is 0 Å². The van der Waals surface area contributed by atoms with Crippen LogP contribution in [0.1, 0.15) is 22.3 Å². The van der Waals surface area contributed by atoms with Gasteiger partial charge < -0.3 is 14.2 Å². The SMILES string of the molecule is COC(=O)CCc1cc(OC)cc(OC)c1C=O. The van der Waals surface area contributed by atoms with Crippen molar-refractivity contribution in [3.05, 3.63) is 23.3 Å². The van der Waals surface area contributed by atoms with Gasteiger partial charge in [0.2, 0.25) is 0 Å². The highest BCUT2D eigenvalue weighted by Gasteiger charge is 2.13. The molecule has 0 saturated heterocycles. The molecule has 1 aromatic carbocycles. The van der Waals surface area contributed by atoms with Crippen LogP contribution in [0.15, 0.2) is 12.1 Å². The van der Waals surface area contributed by atoms with Gasteiger partial charge in [0.1, 0.15) is 11.5 Å². The Morgan fingerprint density at radius 3 is 2.44 bits per heavy atom. The first kappa shape index (κ1) is 14.0. The zero-order chi connectivity index (χ0) is 13.5. The summed E-state index contributed by atoms with van der Waals surface area (Å²) in [5, 5.41) is 0. The first-order valence-electron chi connectivity index (χ1n) is 5.43. The smallest absolute Gasteiger partial charge is 0.305 e. The Morgan fingerprint density at radius 2 is 1.94 bits per heavy atom. The lowest BCUT2D eigenvalue weighted by molar-refractivity contribution is -0.140. The number of rotatable bonds is 6. The second-order valence-electron chi connectivity index (χ2n) is 3.60. The molecule has 0 fully saturated rings. The summed E-state index contributed by atoms with van der Waals surface area (Å²) in [4.78, 5) is 22.2. The molecule has 0 aliphatic carbocycles. The number of methoxy groups -OCH3 is 3. The molecule has 18 heavy (non-hydrogen) atoms. The maximum absolute atomic E-state index is 11.1. The van der Waals surface area contributed by atoms with Gasteiger partial charge in [-0.3, -0.25) is 9.59 Å². The molecule has 0 aliphatic rings. The minimum atomic E-state index is -0.325. The normalized spacial score (nSPS) is 9.72.